The van der Waals surface area contributed by atoms with E-state index in [0.717, 1.165) is 18.7 Å². The molecular weight excluding hydrogens is 240 g/mol. The Kier molecular flexibility index (Phi) is 3.94. The first-order valence-electron chi connectivity index (χ1n) is 5.92. The van der Waals surface area contributed by atoms with Gasteiger partial charge in [-0.25, -0.2) is 14.8 Å². The molecule has 1 aliphatic rings. The molecule has 92 valence electrons. The third-order valence-electron chi connectivity index (χ3n) is 2.98. The molecule has 1 aromatic rings. The minimum absolute atomic E-state index is 0.195. The van der Waals surface area contributed by atoms with E-state index in [1.807, 2.05) is 0 Å². The number of rotatable bonds is 3. The topological polar surface area (TPSA) is 52.1 Å². The second kappa shape index (κ2) is 5.45. The normalized spacial score (nSPS) is 16.1. The summed E-state index contributed by atoms with van der Waals surface area (Å²) in [6, 6.07) is 0. The van der Waals surface area contributed by atoms with E-state index in [-0.39, 0.29) is 10.7 Å². The van der Waals surface area contributed by atoms with Crippen molar-refractivity contribution in [1.29, 1.82) is 0 Å². The second-order valence-electron chi connectivity index (χ2n) is 4.13. The molecule has 1 aromatic heterocycles. The maximum atomic E-state index is 11.5. The molecule has 1 aliphatic carbocycles. The van der Waals surface area contributed by atoms with Gasteiger partial charge in [0.2, 0.25) is 0 Å². The van der Waals surface area contributed by atoms with Crippen molar-refractivity contribution < 1.29 is 9.53 Å². The maximum Gasteiger partial charge on any atom is 0.342 e. The lowest BCUT2D eigenvalue weighted by atomic mass is 10.1. The molecule has 1 saturated carbocycles. The summed E-state index contributed by atoms with van der Waals surface area (Å²) in [7, 11) is 0. The quantitative estimate of drug-likeness (QED) is 0.615. The van der Waals surface area contributed by atoms with Crippen LogP contribution in [0, 0.1) is 0 Å². The molecule has 0 amide bonds. The maximum absolute atomic E-state index is 11.5. The van der Waals surface area contributed by atoms with Gasteiger partial charge in [-0.1, -0.05) is 24.4 Å². The van der Waals surface area contributed by atoms with Crippen LogP contribution in [0.3, 0.4) is 0 Å². The summed E-state index contributed by atoms with van der Waals surface area (Å²) < 4.78 is 4.87. The first-order valence-corrected chi connectivity index (χ1v) is 6.29. The van der Waals surface area contributed by atoms with E-state index in [1.165, 1.54) is 19.0 Å². The average Bonchev–Trinajstić information content (AvgIpc) is 2.82. The first kappa shape index (κ1) is 12.3. The molecule has 0 unspecified atom stereocenters. The van der Waals surface area contributed by atoms with Crippen LogP contribution in [-0.4, -0.2) is 22.5 Å². The van der Waals surface area contributed by atoms with Crippen LogP contribution in [0.25, 0.3) is 0 Å². The van der Waals surface area contributed by atoms with E-state index < -0.39 is 5.97 Å². The summed E-state index contributed by atoms with van der Waals surface area (Å²) >= 11 is 5.99. The molecule has 0 aliphatic heterocycles. The highest BCUT2D eigenvalue weighted by molar-refractivity contribution is 6.32. The van der Waals surface area contributed by atoms with E-state index in [1.54, 1.807) is 6.92 Å². The number of hydrogen-bond donors (Lipinski definition) is 0. The molecule has 0 atom stereocenters. The van der Waals surface area contributed by atoms with Gasteiger partial charge in [-0.3, -0.25) is 0 Å². The summed E-state index contributed by atoms with van der Waals surface area (Å²) in [5.41, 5.74) is 0.246. The van der Waals surface area contributed by atoms with Crippen molar-refractivity contribution >= 4 is 17.6 Å². The lowest BCUT2D eigenvalue weighted by Crippen LogP contribution is -2.09. The van der Waals surface area contributed by atoms with Crippen molar-refractivity contribution in [2.24, 2.45) is 0 Å². The number of nitrogens with zero attached hydrogens (tertiary/aromatic N) is 2. The summed E-state index contributed by atoms with van der Waals surface area (Å²) in [5.74, 6) is 0.680. The van der Waals surface area contributed by atoms with Gasteiger partial charge >= 0.3 is 5.97 Å². The lowest BCUT2D eigenvalue weighted by Gasteiger charge is -2.09. The van der Waals surface area contributed by atoms with Crippen LogP contribution in [0.15, 0.2) is 6.20 Å². The Bertz CT molecular complexity index is 417. The SMILES string of the molecule is CCOC(=O)c1cnc(C2CCCC2)nc1Cl. The average molecular weight is 255 g/mol. The van der Waals surface area contributed by atoms with Crippen LogP contribution < -0.4 is 0 Å². The first-order chi connectivity index (χ1) is 8.22. The lowest BCUT2D eigenvalue weighted by molar-refractivity contribution is 0.0525. The van der Waals surface area contributed by atoms with Gasteiger partial charge in [0.05, 0.1) is 6.61 Å². The number of hydrogen-bond acceptors (Lipinski definition) is 4. The second-order valence-corrected chi connectivity index (χ2v) is 4.49. The van der Waals surface area contributed by atoms with Gasteiger partial charge in [0, 0.05) is 12.1 Å². The molecule has 1 fully saturated rings. The standard InChI is InChI=1S/C12H15ClN2O2/c1-2-17-12(16)9-7-14-11(15-10(9)13)8-5-3-4-6-8/h7-8H,2-6H2,1H3. The van der Waals surface area contributed by atoms with Crippen molar-refractivity contribution in [2.45, 2.75) is 38.5 Å². The Labute approximate surface area is 105 Å². The molecular formula is C12H15ClN2O2. The molecule has 17 heavy (non-hydrogen) atoms. The summed E-state index contributed by atoms with van der Waals surface area (Å²) in [5, 5.41) is 0.195. The highest BCUT2D eigenvalue weighted by atomic mass is 35.5. The van der Waals surface area contributed by atoms with Crippen LogP contribution in [0.4, 0.5) is 0 Å². The molecule has 0 bridgehead atoms. The van der Waals surface area contributed by atoms with Gasteiger partial charge in [-0.05, 0) is 19.8 Å². The Balaban J connectivity index is 2.19. The van der Waals surface area contributed by atoms with Gasteiger partial charge in [0.15, 0.2) is 0 Å². The molecule has 4 nitrogen and oxygen atoms in total. The van der Waals surface area contributed by atoms with Crippen LogP contribution >= 0.6 is 11.6 Å². The zero-order valence-corrected chi connectivity index (χ0v) is 10.5. The van der Waals surface area contributed by atoms with E-state index >= 15 is 0 Å². The van der Waals surface area contributed by atoms with Gasteiger partial charge in [0.1, 0.15) is 16.5 Å². The fourth-order valence-corrected chi connectivity index (χ4v) is 2.31. The Morgan fingerprint density at radius 2 is 2.24 bits per heavy atom. The van der Waals surface area contributed by atoms with Crippen LogP contribution in [0.5, 0.6) is 0 Å². The van der Waals surface area contributed by atoms with Crippen molar-refractivity contribution in [2.75, 3.05) is 6.61 Å². The summed E-state index contributed by atoms with van der Waals surface area (Å²) in [6.07, 6.45) is 6.11. The summed E-state index contributed by atoms with van der Waals surface area (Å²) in [4.78, 5) is 20.0. The van der Waals surface area contributed by atoms with E-state index in [0.29, 0.717) is 12.5 Å². The molecule has 0 spiro atoms. The predicted molar refractivity (Wildman–Crippen MR) is 64.2 cm³/mol. The van der Waals surface area contributed by atoms with Crippen molar-refractivity contribution in [3.05, 3.63) is 22.7 Å². The largest absolute Gasteiger partial charge is 0.462 e. The molecule has 2 rings (SSSR count). The minimum atomic E-state index is -0.463. The molecule has 1 heterocycles. The molecule has 0 radical (unpaired) electrons. The van der Waals surface area contributed by atoms with Crippen LogP contribution in [0.2, 0.25) is 5.15 Å². The van der Waals surface area contributed by atoms with E-state index in [2.05, 4.69) is 9.97 Å². The highest BCUT2D eigenvalue weighted by Gasteiger charge is 2.22. The number of carbonyl (C=O) groups excluding carboxylic acids is 1. The van der Waals surface area contributed by atoms with Crippen LogP contribution in [-0.2, 0) is 4.74 Å². The highest BCUT2D eigenvalue weighted by Crippen LogP contribution is 2.32. The van der Waals surface area contributed by atoms with Crippen LogP contribution in [0.1, 0.15) is 54.7 Å². The van der Waals surface area contributed by atoms with Gasteiger partial charge in [-0.15, -0.1) is 0 Å². The zero-order chi connectivity index (χ0) is 12.3. The van der Waals surface area contributed by atoms with Gasteiger partial charge < -0.3 is 4.74 Å². The Hall–Kier alpha value is -1.16. The van der Waals surface area contributed by atoms with Gasteiger partial charge in [-0.2, -0.15) is 0 Å². The molecule has 0 aromatic carbocycles. The Morgan fingerprint density at radius 1 is 1.53 bits per heavy atom. The van der Waals surface area contributed by atoms with Crippen molar-refractivity contribution in [3.63, 3.8) is 0 Å². The van der Waals surface area contributed by atoms with Gasteiger partial charge in [0.25, 0.3) is 0 Å². The number of halogens is 1. The van der Waals surface area contributed by atoms with E-state index in [9.17, 15) is 4.79 Å². The number of ether oxygens (including phenoxy) is 1. The molecule has 0 N–H and O–H groups in total. The zero-order valence-electron chi connectivity index (χ0n) is 9.78. The number of carbonyl (C=O) groups is 1. The van der Waals surface area contributed by atoms with E-state index in [4.69, 9.17) is 16.3 Å². The third-order valence-corrected chi connectivity index (χ3v) is 3.26. The molecule has 5 heteroatoms. The van der Waals surface area contributed by atoms with Crippen molar-refractivity contribution in [3.8, 4) is 0 Å². The minimum Gasteiger partial charge on any atom is -0.462 e. The number of esters is 1. The Morgan fingerprint density at radius 3 is 2.82 bits per heavy atom. The third kappa shape index (κ3) is 2.75. The fraction of sp³-hybridized carbons (Fsp3) is 0.583. The fourth-order valence-electron chi connectivity index (χ4n) is 2.10. The monoisotopic (exact) mass is 254 g/mol. The smallest absolute Gasteiger partial charge is 0.342 e. The predicted octanol–water partition coefficient (Wildman–Crippen LogP) is 2.96. The number of aromatic nitrogens is 2. The molecule has 0 saturated heterocycles. The summed E-state index contributed by atoms with van der Waals surface area (Å²) in [6.45, 7) is 2.07. The van der Waals surface area contributed by atoms with Crippen molar-refractivity contribution in [1.82, 2.24) is 9.97 Å².